The summed E-state index contributed by atoms with van der Waals surface area (Å²) in [5.41, 5.74) is 3.38. The molecule has 33 heavy (non-hydrogen) atoms. The molecule has 1 N–H and O–H groups in total. The summed E-state index contributed by atoms with van der Waals surface area (Å²) in [5, 5.41) is 14.0. The van der Waals surface area contributed by atoms with Crippen molar-refractivity contribution in [2.24, 2.45) is 7.05 Å². The van der Waals surface area contributed by atoms with Gasteiger partial charge in [-0.15, -0.1) is 11.3 Å². The lowest BCUT2D eigenvalue weighted by Gasteiger charge is -2.27. The van der Waals surface area contributed by atoms with Gasteiger partial charge in [-0.25, -0.2) is 4.98 Å². The molecular formula is C24H29N5O2S2. The Morgan fingerprint density at radius 1 is 1.21 bits per heavy atom. The molecule has 0 radical (unpaired) electrons. The Morgan fingerprint density at radius 3 is 2.58 bits per heavy atom. The van der Waals surface area contributed by atoms with Crippen LogP contribution in [-0.2, 0) is 11.8 Å². The summed E-state index contributed by atoms with van der Waals surface area (Å²) in [4.78, 5) is 32.2. The molecular weight excluding hydrogens is 454 g/mol. The molecule has 1 aliphatic carbocycles. The van der Waals surface area contributed by atoms with Gasteiger partial charge in [-0.05, 0) is 51.7 Å². The van der Waals surface area contributed by atoms with Crippen molar-refractivity contribution in [1.82, 2.24) is 14.1 Å². The van der Waals surface area contributed by atoms with Crippen LogP contribution in [0.2, 0.25) is 0 Å². The van der Waals surface area contributed by atoms with E-state index >= 15 is 0 Å². The highest BCUT2D eigenvalue weighted by molar-refractivity contribution is 7.99. The molecule has 7 nitrogen and oxygen atoms in total. The van der Waals surface area contributed by atoms with Crippen molar-refractivity contribution in [3.63, 3.8) is 0 Å². The summed E-state index contributed by atoms with van der Waals surface area (Å²) in [6.07, 6.45) is 5.68. The number of nitriles is 1. The van der Waals surface area contributed by atoms with E-state index in [1.165, 1.54) is 34.1 Å². The van der Waals surface area contributed by atoms with Crippen LogP contribution in [0, 0.1) is 39.0 Å². The molecule has 0 saturated heterocycles. The fourth-order valence-electron chi connectivity index (χ4n) is 4.67. The van der Waals surface area contributed by atoms with Gasteiger partial charge < -0.3 is 9.88 Å². The van der Waals surface area contributed by atoms with E-state index in [1.807, 2.05) is 27.7 Å². The van der Waals surface area contributed by atoms with Crippen LogP contribution in [-0.4, -0.2) is 25.8 Å². The van der Waals surface area contributed by atoms with E-state index in [4.69, 9.17) is 0 Å². The van der Waals surface area contributed by atoms with Gasteiger partial charge in [-0.3, -0.25) is 14.2 Å². The molecule has 1 saturated carbocycles. The minimum Gasteiger partial charge on any atom is -0.327 e. The number of thiophene rings is 1. The first-order valence-corrected chi connectivity index (χ1v) is 13.1. The molecule has 4 rings (SSSR count). The lowest BCUT2D eigenvalue weighted by Crippen LogP contribution is -2.23. The van der Waals surface area contributed by atoms with Gasteiger partial charge in [0.25, 0.3) is 5.56 Å². The molecule has 0 aliphatic heterocycles. The van der Waals surface area contributed by atoms with E-state index < -0.39 is 0 Å². The average molecular weight is 484 g/mol. The second kappa shape index (κ2) is 9.35. The van der Waals surface area contributed by atoms with Gasteiger partial charge in [0.15, 0.2) is 5.16 Å². The Balaban J connectivity index is 1.58. The number of carbonyl (C=O) groups is 1. The Morgan fingerprint density at radius 2 is 1.91 bits per heavy atom. The molecule has 0 aromatic carbocycles. The Kier molecular flexibility index (Phi) is 6.68. The Hall–Kier alpha value is -2.57. The van der Waals surface area contributed by atoms with Crippen molar-refractivity contribution >= 4 is 45.0 Å². The van der Waals surface area contributed by atoms with Crippen LogP contribution >= 0.6 is 23.1 Å². The Labute approximate surface area is 201 Å². The highest BCUT2D eigenvalue weighted by Crippen LogP contribution is 2.37. The molecule has 0 bridgehead atoms. The van der Waals surface area contributed by atoms with Crippen molar-refractivity contribution in [3.05, 3.63) is 37.6 Å². The number of aromatic nitrogens is 3. The molecule has 0 atom stereocenters. The molecule has 1 aliphatic rings. The van der Waals surface area contributed by atoms with Crippen LogP contribution in [0.4, 0.5) is 5.82 Å². The molecule has 3 aromatic heterocycles. The van der Waals surface area contributed by atoms with Crippen molar-refractivity contribution in [2.75, 3.05) is 11.1 Å². The lowest BCUT2D eigenvalue weighted by molar-refractivity contribution is -0.113. The van der Waals surface area contributed by atoms with Crippen LogP contribution in [0.25, 0.3) is 10.2 Å². The number of aryl methyl sites for hydroxylation is 2. The van der Waals surface area contributed by atoms with Gasteiger partial charge in [-0.2, -0.15) is 5.26 Å². The molecule has 3 heterocycles. The second-order valence-corrected chi connectivity index (χ2v) is 10.9. The maximum absolute atomic E-state index is 13.0. The van der Waals surface area contributed by atoms with Crippen LogP contribution in [0.5, 0.6) is 0 Å². The number of hydrogen-bond donors (Lipinski definition) is 1. The number of fused-ring (bicyclic) bond motifs is 1. The van der Waals surface area contributed by atoms with Crippen LogP contribution in [0.1, 0.15) is 65.4 Å². The zero-order chi connectivity index (χ0) is 23.9. The minimum absolute atomic E-state index is 0.0889. The van der Waals surface area contributed by atoms with E-state index in [9.17, 15) is 14.9 Å². The highest BCUT2D eigenvalue weighted by Gasteiger charge is 2.26. The maximum Gasteiger partial charge on any atom is 0.262 e. The maximum atomic E-state index is 13.0. The molecule has 1 amide bonds. The zero-order valence-corrected chi connectivity index (χ0v) is 21.4. The van der Waals surface area contributed by atoms with Crippen molar-refractivity contribution in [1.29, 1.82) is 5.26 Å². The zero-order valence-electron chi connectivity index (χ0n) is 19.7. The normalized spacial score (nSPS) is 14.5. The molecule has 174 valence electrons. The predicted molar refractivity (Wildman–Crippen MR) is 134 cm³/mol. The summed E-state index contributed by atoms with van der Waals surface area (Å²) < 4.78 is 3.67. The molecule has 0 unspecified atom stereocenters. The molecule has 9 heteroatoms. The summed E-state index contributed by atoms with van der Waals surface area (Å²) in [7, 11) is 1.69. The van der Waals surface area contributed by atoms with Crippen molar-refractivity contribution < 1.29 is 4.79 Å². The van der Waals surface area contributed by atoms with E-state index in [1.54, 1.807) is 7.05 Å². The quantitative estimate of drug-likeness (QED) is 0.401. The third-order valence-corrected chi connectivity index (χ3v) is 8.90. The fraction of sp³-hybridized carbons (Fsp3) is 0.500. The van der Waals surface area contributed by atoms with Gasteiger partial charge in [0.1, 0.15) is 16.7 Å². The first-order chi connectivity index (χ1) is 15.7. The lowest BCUT2D eigenvalue weighted by atomic mass is 9.95. The number of nitrogens with one attached hydrogen (secondary N) is 1. The second-order valence-electron chi connectivity index (χ2n) is 8.77. The van der Waals surface area contributed by atoms with E-state index in [-0.39, 0.29) is 17.2 Å². The Bertz CT molecular complexity index is 1340. The summed E-state index contributed by atoms with van der Waals surface area (Å²) in [5.74, 6) is 0.499. The summed E-state index contributed by atoms with van der Waals surface area (Å²) in [6.45, 7) is 7.89. The first-order valence-electron chi connectivity index (χ1n) is 11.3. The number of thioether (sulfide) groups is 1. The minimum atomic E-state index is -0.209. The number of amides is 1. The van der Waals surface area contributed by atoms with Gasteiger partial charge in [0.2, 0.25) is 5.91 Å². The third-order valence-electron chi connectivity index (χ3n) is 6.77. The smallest absolute Gasteiger partial charge is 0.262 e. The highest BCUT2D eigenvalue weighted by atomic mass is 32.2. The molecule has 0 spiro atoms. The SMILES string of the molecule is Cc1sc2nc(SCC(=O)Nc3c(C#N)c(C)c(C)n3C3CCCCC3)n(C)c(=O)c2c1C. The number of hydrogen-bond acceptors (Lipinski definition) is 6. The van der Waals surface area contributed by atoms with Gasteiger partial charge in [0.05, 0.1) is 16.7 Å². The standard InChI is InChI=1S/C24H29N5O2S2/c1-13-15(3)29(17-9-7-6-8-10-17)21(18(13)11-25)26-19(30)12-32-24-27-22-20(23(31)28(24)5)14(2)16(4)33-22/h17H,6-10,12H2,1-5H3,(H,26,30). The molecule has 3 aromatic rings. The van der Waals surface area contributed by atoms with Gasteiger partial charge in [-0.1, -0.05) is 31.0 Å². The van der Waals surface area contributed by atoms with Crippen LogP contribution in [0.3, 0.4) is 0 Å². The molecule has 1 fully saturated rings. The third kappa shape index (κ3) is 4.22. The van der Waals surface area contributed by atoms with Gasteiger partial charge >= 0.3 is 0 Å². The van der Waals surface area contributed by atoms with Crippen LogP contribution in [0.15, 0.2) is 9.95 Å². The number of nitrogens with zero attached hydrogens (tertiary/aromatic N) is 4. The van der Waals surface area contributed by atoms with E-state index in [2.05, 4.69) is 20.9 Å². The largest absolute Gasteiger partial charge is 0.327 e. The van der Waals surface area contributed by atoms with E-state index in [0.717, 1.165) is 47.4 Å². The number of anilines is 1. The fourth-order valence-corrected chi connectivity index (χ4v) is 6.51. The van der Waals surface area contributed by atoms with Crippen LogP contribution < -0.4 is 10.9 Å². The summed E-state index contributed by atoms with van der Waals surface area (Å²) >= 11 is 2.74. The van der Waals surface area contributed by atoms with Gasteiger partial charge in [0, 0.05) is 23.7 Å². The first kappa shape index (κ1) is 23.6. The van der Waals surface area contributed by atoms with Crippen molar-refractivity contribution in [3.8, 4) is 6.07 Å². The topological polar surface area (TPSA) is 92.7 Å². The van der Waals surface area contributed by atoms with E-state index in [0.29, 0.717) is 32.8 Å². The summed E-state index contributed by atoms with van der Waals surface area (Å²) in [6, 6.07) is 2.59. The monoisotopic (exact) mass is 483 g/mol. The number of rotatable bonds is 5. The average Bonchev–Trinajstić information content (AvgIpc) is 3.22. The number of carbonyl (C=O) groups excluding carboxylic acids is 1. The predicted octanol–water partition coefficient (Wildman–Crippen LogP) is 5.14. The van der Waals surface area contributed by atoms with Crippen molar-refractivity contribution in [2.45, 2.75) is 71.0 Å².